The van der Waals surface area contributed by atoms with Crippen molar-refractivity contribution in [2.45, 2.75) is 19.5 Å². The lowest BCUT2D eigenvalue weighted by Gasteiger charge is -2.24. The third kappa shape index (κ3) is 4.28. The normalized spacial score (nSPS) is 12.1. The highest BCUT2D eigenvalue weighted by Crippen LogP contribution is 2.31. The highest BCUT2D eigenvalue weighted by atomic mass is 16.5. The maximum atomic E-state index is 13.7. The summed E-state index contributed by atoms with van der Waals surface area (Å²) >= 11 is 0. The molecule has 3 heteroatoms. The Morgan fingerprint density at radius 2 is 1.38 bits per heavy atom. The van der Waals surface area contributed by atoms with Gasteiger partial charge in [0, 0.05) is 19.5 Å². The van der Waals surface area contributed by atoms with Crippen LogP contribution in [-0.4, -0.2) is 17.4 Å². The first-order chi connectivity index (χ1) is 15.8. The number of ether oxygens (including phenoxy) is 1. The maximum Gasteiger partial charge on any atom is 0.258 e. The molecule has 32 heavy (non-hydrogen) atoms. The van der Waals surface area contributed by atoms with Crippen molar-refractivity contribution in [3.8, 4) is 16.9 Å². The second kappa shape index (κ2) is 9.11. The Labute approximate surface area is 188 Å². The Morgan fingerprint density at radius 1 is 0.719 bits per heavy atom. The van der Waals surface area contributed by atoms with Crippen molar-refractivity contribution >= 4 is 5.91 Å². The molecule has 0 saturated heterocycles. The van der Waals surface area contributed by atoms with Crippen LogP contribution in [0.3, 0.4) is 0 Å². The van der Waals surface area contributed by atoms with E-state index in [1.54, 1.807) is 0 Å². The van der Waals surface area contributed by atoms with E-state index in [1.165, 1.54) is 5.56 Å². The Bertz CT molecular complexity index is 1220. The first-order valence-corrected chi connectivity index (χ1v) is 11.0. The molecule has 158 valence electrons. The van der Waals surface area contributed by atoms with Gasteiger partial charge in [-0.15, -0.1) is 0 Å². The molecule has 1 amide bonds. The molecule has 3 nitrogen and oxygen atoms in total. The van der Waals surface area contributed by atoms with Crippen LogP contribution in [0.4, 0.5) is 0 Å². The van der Waals surface area contributed by atoms with Crippen LogP contribution in [0.25, 0.3) is 11.1 Å². The van der Waals surface area contributed by atoms with Gasteiger partial charge in [0.2, 0.25) is 0 Å². The van der Waals surface area contributed by atoms with Crippen LogP contribution in [0, 0.1) is 0 Å². The molecule has 4 aromatic rings. The third-order valence-corrected chi connectivity index (χ3v) is 5.86. The van der Waals surface area contributed by atoms with Gasteiger partial charge in [0.25, 0.3) is 5.91 Å². The molecule has 0 aromatic heterocycles. The Morgan fingerprint density at radius 3 is 2.19 bits per heavy atom. The van der Waals surface area contributed by atoms with Gasteiger partial charge in [-0.3, -0.25) is 4.79 Å². The average molecular weight is 420 g/mol. The van der Waals surface area contributed by atoms with Gasteiger partial charge < -0.3 is 9.64 Å². The molecule has 5 rings (SSSR count). The summed E-state index contributed by atoms with van der Waals surface area (Å²) in [5.41, 5.74) is 6.29. The van der Waals surface area contributed by atoms with Crippen molar-refractivity contribution in [1.29, 1.82) is 0 Å². The minimum Gasteiger partial charge on any atom is -0.492 e. The van der Waals surface area contributed by atoms with Gasteiger partial charge in [-0.05, 0) is 39.9 Å². The lowest BCUT2D eigenvalue weighted by Crippen LogP contribution is -2.30. The van der Waals surface area contributed by atoms with E-state index in [1.807, 2.05) is 59.5 Å². The Kier molecular flexibility index (Phi) is 5.71. The Hall–Kier alpha value is -3.85. The van der Waals surface area contributed by atoms with Crippen LogP contribution in [0.2, 0.25) is 0 Å². The molecule has 4 aromatic carbocycles. The molecular formula is C29H25NO2. The van der Waals surface area contributed by atoms with Crippen molar-refractivity contribution in [3.05, 3.63) is 125 Å². The van der Waals surface area contributed by atoms with Gasteiger partial charge in [0.15, 0.2) is 0 Å². The van der Waals surface area contributed by atoms with Crippen molar-refractivity contribution in [2.75, 3.05) is 6.61 Å². The van der Waals surface area contributed by atoms with E-state index in [2.05, 4.69) is 48.5 Å². The summed E-state index contributed by atoms with van der Waals surface area (Å²) in [7, 11) is 0. The zero-order valence-electron chi connectivity index (χ0n) is 17.9. The van der Waals surface area contributed by atoms with E-state index in [0.717, 1.165) is 34.4 Å². The van der Waals surface area contributed by atoms with Gasteiger partial charge in [0.1, 0.15) is 5.75 Å². The maximum absolute atomic E-state index is 13.7. The monoisotopic (exact) mass is 419 g/mol. The zero-order chi connectivity index (χ0) is 21.8. The number of hydrogen-bond donors (Lipinski definition) is 0. The van der Waals surface area contributed by atoms with Crippen molar-refractivity contribution < 1.29 is 9.53 Å². The van der Waals surface area contributed by atoms with Crippen LogP contribution in [0.5, 0.6) is 5.75 Å². The number of carbonyl (C=O) groups is 1. The van der Waals surface area contributed by atoms with Crippen molar-refractivity contribution in [2.24, 2.45) is 0 Å². The highest BCUT2D eigenvalue weighted by molar-refractivity contribution is 5.97. The zero-order valence-corrected chi connectivity index (χ0v) is 17.9. The summed E-state index contributed by atoms with van der Waals surface area (Å²) in [6, 6.07) is 34.8. The molecule has 1 aliphatic heterocycles. The molecule has 0 aliphatic carbocycles. The van der Waals surface area contributed by atoms with Gasteiger partial charge >= 0.3 is 0 Å². The largest absolute Gasteiger partial charge is 0.492 e. The first-order valence-electron chi connectivity index (χ1n) is 11.0. The number of benzene rings is 4. The second-order valence-corrected chi connectivity index (χ2v) is 8.11. The van der Waals surface area contributed by atoms with Crippen LogP contribution >= 0.6 is 0 Å². The molecule has 0 fully saturated rings. The fraction of sp³-hybridized carbons (Fsp3) is 0.138. The molecule has 0 radical (unpaired) electrons. The molecule has 1 heterocycles. The average Bonchev–Trinajstić information content (AvgIpc) is 3.34. The highest BCUT2D eigenvalue weighted by Gasteiger charge is 2.24. The lowest BCUT2D eigenvalue weighted by atomic mass is 10.0. The van der Waals surface area contributed by atoms with Crippen molar-refractivity contribution in [3.63, 3.8) is 0 Å². The summed E-state index contributed by atoms with van der Waals surface area (Å²) < 4.78 is 5.83. The molecule has 1 aliphatic rings. The molecular weight excluding hydrogens is 394 g/mol. The number of nitrogens with zero attached hydrogens (tertiary/aromatic N) is 1. The van der Waals surface area contributed by atoms with Gasteiger partial charge in [-0.25, -0.2) is 0 Å². The van der Waals surface area contributed by atoms with E-state index in [9.17, 15) is 4.79 Å². The summed E-state index contributed by atoms with van der Waals surface area (Å²) in [6.45, 7) is 1.70. The van der Waals surface area contributed by atoms with E-state index in [0.29, 0.717) is 25.3 Å². The number of amides is 1. The second-order valence-electron chi connectivity index (χ2n) is 8.11. The van der Waals surface area contributed by atoms with Gasteiger partial charge in [-0.1, -0.05) is 91.0 Å². The van der Waals surface area contributed by atoms with Crippen molar-refractivity contribution in [1.82, 2.24) is 4.90 Å². The fourth-order valence-corrected chi connectivity index (χ4v) is 4.26. The van der Waals surface area contributed by atoms with Crippen LogP contribution in [-0.2, 0) is 19.5 Å². The molecule has 0 unspecified atom stereocenters. The summed E-state index contributed by atoms with van der Waals surface area (Å²) in [5, 5.41) is 0. The predicted octanol–water partition coefficient (Wildman–Crippen LogP) is 6.13. The summed E-state index contributed by atoms with van der Waals surface area (Å²) in [6.07, 6.45) is 0.855. The van der Waals surface area contributed by atoms with E-state index in [4.69, 9.17) is 4.74 Å². The molecule has 0 saturated carbocycles. The lowest BCUT2D eigenvalue weighted by molar-refractivity contribution is 0.0726. The summed E-state index contributed by atoms with van der Waals surface area (Å²) in [4.78, 5) is 15.6. The minimum atomic E-state index is -0.00211. The van der Waals surface area contributed by atoms with Gasteiger partial charge in [-0.2, -0.15) is 0 Å². The van der Waals surface area contributed by atoms with Crippen LogP contribution in [0.1, 0.15) is 27.0 Å². The standard InChI is InChI=1S/C29H25NO2/c31-29(27-16-8-14-25-17-18-32-28(25)27)30(20-22-9-3-1-4-10-22)21-23-11-7-15-26(19-23)24-12-5-2-6-13-24/h1-16,19H,17-18,20-21H2. The Balaban J connectivity index is 1.47. The molecule has 0 bridgehead atoms. The predicted molar refractivity (Wildman–Crippen MR) is 128 cm³/mol. The smallest absolute Gasteiger partial charge is 0.258 e. The molecule has 0 N–H and O–H groups in total. The topological polar surface area (TPSA) is 29.5 Å². The molecule has 0 spiro atoms. The van der Waals surface area contributed by atoms with E-state index >= 15 is 0 Å². The number of fused-ring (bicyclic) bond motifs is 1. The quantitative estimate of drug-likeness (QED) is 0.376. The fourth-order valence-electron chi connectivity index (χ4n) is 4.26. The van der Waals surface area contributed by atoms with Gasteiger partial charge in [0.05, 0.1) is 12.2 Å². The first kappa shape index (κ1) is 20.1. The van der Waals surface area contributed by atoms with E-state index in [-0.39, 0.29) is 5.91 Å². The third-order valence-electron chi connectivity index (χ3n) is 5.86. The van der Waals surface area contributed by atoms with Crippen LogP contribution in [0.15, 0.2) is 103 Å². The van der Waals surface area contributed by atoms with Crippen LogP contribution < -0.4 is 4.74 Å². The summed E-state index contributed by atoms with van der Waals surface area (Å²) in [5.74, 6) is 0.742. The number of hydrogen-bond acceptors (Lipinski definition) is 2. The van der Waals surface area contributed by atoms with E-state index < -0.39 is 0 Å². The number of carbonyl (C=O) groups excluding carboxylic acids is 1. The number of para-hydroxylation sites is 1. The number of rotatable bonds is 6. The SMILES string of the molecule is O=C(c1cccc2c1OCC2)N(Cc1ccccc1)Cc1cccc(-c2ccccc2)c1. The molecule has 0 atom stereocenters. The minimum absolute atomic E-state index is 0.00211.